The third-order valence-corrected chi connectivity index (χ3v) is 3.84. The summed E-state index contributed by atoms with van der Waals surface area (Å²) in [5, 5.41) is 0. The molecule has 5 nitrogen and oxygen atoms in total. The van der Waals surface area contributed by atoms with Crippen molar-refractivity contribution in [1.29, 1.82) is 0 Å². The number of benzene rings is 1. The van der Waals surface area contributed by atoms with Crippen LogP contribution in [0.3, 0.4) is 0 Å². The van der Waals surface area contributed by atoms with Crippen molar-refractivity contribution >= 4 is 15.9 Å². The fourth-order valence-corrected chi connectivity index (χ4v) is 2.28. The van der Waals surface area contributed by atoms with E-state index in [2.05, 4.69) is 15.9 Å². The number of hydrogen-bond donors (Lipinski definition) is 0. The van der Waals surface area contributed by atoms with Crippen LogP contribution in [0.1, 0.15) is 12.5 Å². The van der Waals surface area contributed by atoms with Gasteiger partial charge in [0.15, 0.2) is 0 Å². The lowest BCUT2D eigenvalue weighted by Crippen LogP contribution is -2.39. The maximum absolute atomic E-state index is 12.2. The van der Waals surface area contributed by atoms with Gasteiger partial charge in [0.25, 0.3) is 5.56 Å². The number of aromatic nitrogens is 2. The predicted molar refractivity (Wildman–Crippen MR) is 80.4 cm³/mol. The Balaban J connectivity index is 2.50. The highest BCUT2D eigenvalue weighted by Crippen LogP contribution is 2.22. The van der Waals surface area contributed by atoms with Gasteiger partial charge in [0, 0.05) is 23.3 Å². The first-order chi connectivity index (χ1) is 9.56. The highest BCUT2D eigenvalue weighted by atomic mass is 79.9. The van der Waals surface area contributed by atoms with E-state index in [1.54, 1.807) is 13.2 Å². The molecule has 2 rings (SSSR count). The molecule has 0 aliphatic rings. The molecule has 0 amide bonds. The quantitative estimate of drug-likeness (QED) is 0.854. The van der Waals surface area contributed by atoms with Crippen LogP contribution >= 0.6 is 15.9 Å². The van der Waals surface area contributed by atoms with Crippen LogP contribution < -0.4 is 16.0 Å². The van der Waals surface area contributed by atoms with Crippen molar-refractivity contribution in [3.05, 3.63) is 61.3 Å². The maximum atomic E-state index is 12.2. The van der Waals surface area contributed by atoms with Crippen LogP contribution in [0, 0.1) is 0 Å². The summed E-state index contributed by atoms with van der Waals surface area (Å²) in [6, 6.07) is 6.85. The van der Waals surface area contributed by atoms with E-state index in [1.165, 1.54) is 21.4 Å². The molecule has 20 heavy (non-hydrogen) atoms. The normalized spacial score (nSPS) is 10.6. The molecule has 0 aliphatic heterocycles. The topological polar surface area (TPSA) is 53.2 Å². The molecule has 0 aliphatic carbocycles. The van der Waals surface area contributed by atoms with Gasteiger partial charge in [0.05, 0.1) is 13.7 Å². The predicted octanol–water partition coefficient (Wildman–Crippen LogP) is 1.85. The van der Waals surface area contributed by atoms with E-state index in [-0.39, 0.29) is 17.8 Å². The Hall–Kier alpha value is -1.82. The summed E-state index contributed by atoms with van der Waals surface area (Å²) in [6.45, 7) is 2.59. The first-order valence-electron chi connectivity index (χ1n) is 6.19. The lowest BCUT2D eigenvalue weighted by molar-refractivity contribution is 0.414. The summed E-state index contributed by atoms with van der Waals surface area (Å²) in [5.74, 6) is 0.683. The molecule has 0 bridgehead atoms. The van der Waals surface area contributed by atoms with Crippen molar-refractivity contribution in [2.45, 2.75) is 20.0 Å². The number of nitrogens with zero attached hydrogens (tertiary/aromatic N) is 2. The molecule has 0 N–H and O–H groups in total. The van der Waals surface area contributed by atoms with Crippen molar-refractivity contribution in [2.24, 2.45) is 0 Å². The average molecular weight is 339 g/mol. The number of methoxy groups -OCH3 is 1. The molecule has 2 aromatic rings. The third-order valence-electron chi connectivity index (χ3n) is 3.06. The lowest BCUT2D eigenvalue weighted by Gasteiger charge is -2.10. The fraction of sp³-hybridized carbons (Fsp3) is 0.286. The summed E-state index contributed by atoms with van der Waals surface area (Å²) in [7, 11) is 1.58. The summed E-state index contributed by atoms with van der Waals surface area (Å²) in [6.07, 6.45) is 1.52. The van der Waals surface area contributed by atoms with Crippen LogP contribution in [0.25, 0.3) is 0 Å². The molecule has 0 fully saturated rings. The van der Waals surface area contributed by atoms with E-state index < -0.39 is 0 Å². The Morgan fingerprint density at radius 3 is 2.65 bits per heavy atom. The molecule has 0 atom stereocenters. The van der Waals surface area contributed by atoms with Gasteiger partial charge in [-0.25, -0.2) is 4.79 Å². The molecule has 6 heteroatoms. The van der Waals surface area contributed by atoms with Crippen molar-refractivity contribution < 1.29 is 4.74 Å². The number of halogens is 1. The third kappa shape index (κ3) is 2.85. The second-order valence-corrected chi connectivity index (χ2v) is 5.12. The van der Waals surface area contributed by atoms with Crippen LogP contribution in [0.4, 0.5) is 0 Å². The Morgan fingerprint density at radius 2 is 2.00 bits per heavy atom. The lowest BCUT2D eigenvalue weighted by atomic mass is 10.2. The molecule has 0 radical (unpaired) electrons. The fourth-order valence-electron chi connectivity index (χ4n) is 1.91. The maximum Gasteiger partial charge on any atom is 0.331 e. The van der Waals surface area contributed by atoms with Crippen molar-refractivity contribution in [2.75, 3.05) is 7.11 Å². The zero-order valence-electron chi connectivity index (χ0n) is 11.3. The number of aryl methyl sites for hydroxylation is 1. The Bertz CT molecular complexity index is 734. The molecule has 1 heterocycles. The Morgan fingerprint density at radius 1 is 1.25 bits per heavy atom. The van der Waals surface area contributed by atoms with Crippen molar-refractivity contribution in [3.8, 4) is 5.75 Å². The minimum absolute atomic E-state index is 0.205. The second-order valence-electron chi connectivity index (χ2n) is 4.27. The number of ether oxygens (including phenoxy) is 1. The molecule has 1 aromatic carbocycles. The van der Waals surface area contributed by atoms with Crippen molar-refractivity contribution in [3.63, 3.8) is 0 Å². The minimum Gasteiger partial charge on any atom is -0.497 e. The van der Waals surface area contributed by atoms with Gasteiger partial charge in [-0.3, -0.25) is 9.36 Å². The van der Waals surface area contributed by atoms with Gasteiger partial charge in [-0.05, 0) is 30.7 Å². The van der Waals surface area contributed by atoms with Gasteiger partial charge < -0.3 is 9.30 Å². The molecule has 0 spiro atoms. The molecule has 0 saturated carbocycles. The van der Waals surface area contributed by atoms with Crippen LogP contribution in [0.2, 0.25) is 0 Å². The molecule has 1 aromatic heterocycles. The Labute approximate surface area is 124 Å². The smallest absolute Gasteiger partial charge is 0.331 e. The van der Waals surface area contributed by atoms with Gasteiger partial charge in [-0.2, -0.15) is 0 Å². The minimum atomic E-state index is -0.311. The van der Waals surface area contributed by atoms with E-state index in [1.807, 2.05) is 19.1 Å². The summed E-state index contributed by atoms with van der Waals surface area (Å²) >= 11 is 3.42. The first kappa shape index (κ1) is 14.6. The largest absolute Gasteiger partial charge is 0.497 e. The van der Waals surface area contributed by atoms with Crippen LogP contribution in [-0.2, 0) is 13.1 Å². The van der Waals surface area contributed by atoms with Gasteiger partial charge in [0.1, 0.15) is 5.75 Å². The summed E-state index contributed by atoms with van der Waals surface area (Å²) in [5.41, 5.74) is 0.196. The monoisotopic (exact) mass is 338 g/mol. The molecule has 0 unspecified atom stereocenters. The highest BCUT2D eigenvalue weighted by molar-refractivity contribution is 9.10. The average Bonchev–Trinajstić information content (AvgIpc) is 2.45. The van der Waals surface area contributed by atoms with E-state index >= 15 is 0 Å². The van der Waals surface area contributed by atoms with Gasteiger partial charge in [-0.1, -0.05) is 15.9 Å². The van der Waals surface area contributed by atoms with E-state index in [0.717, 1.165) is 10.0 Å². The van der Waals surface area contributed by atoms with Gasteiger partial charge in [-0.15, -0.1) is 0 Å². The zero-order chi connectivity index (χ0) is 14.7. The Kier molecular flexibility index (Phi) is 4.44. The summed E-state index contributed by atoms with van der Waals surface area (Å²) < 4.78 is 8.70. The van der Waals surface area contributed by atoms with E-state index in [0.29, 0.717) is 12.3 Å². The molecule has 0 saturated heterocycles. The molecular weight excluding hydrogens is 324 g/mol. The van der Waals surface area contributed by atoms with E-state index in [4.69, 9.17) is 4.74 Å². The molecule has 106 valence electrons. The van der Waals surface area contributed by atoms with Crippen LogP contribution in [-0.4, -0.2) is 16.2 Å². The van der Waals surface area contributed by atoms with Gasteiger partial charge in [0.2, 0.25) is 0 Å². The van der Waals surface area contributed by atoms with Crippen molar-refractivity contribution in [1.82, 2.24) is 9.13 Å². The van der Waals surface area contributed by atoms with Crippen LogP contribution in [0.5, 0.6) is 5.75 Å². The zero-order valence-corrected chi connectivity index (χ0v) is 12.9. The van der Waals surface area contributed by atoms with E-state index in [9.17, 15) is 9.59 Å². The SMILES string of the molecule is CCn1ccc(=O)n(Cc2cc(OC)ccc2Br)c1=O. The number of hydrogen-bond acceptors (Lipinski definition) is 3. The highest BCUT2D eigenvalue weighted by Gasteiger charge is 2.08. The van der Waals surface area contributed by atoms with Gasteiger partial charge >= 0.3 is 5.69 Å². The summed E-state index contributed by atoms with van der Waals surface area (Å²) in [4.78, 5) is 24.1. The van der Waals surface area contributed by atoms with Crippen LogP contribution in [0.15, 0.2) is 44.5 Å². The first-order valence-corrected chi connectivity index (χ1v) is 6.98. The standard InChI is InChI=1S/C14H15BrN2O3/c1-3-16-7-6-13(18)17(14(16)19)9-10-8-11(20-2)4-5-12(10)15/h4-8H,3,9H2,1-2H3. The number of rotatable bonds is 4. The molecular formula is C14H15BrN2O3. The second kappa shape index (κ2) is 6.09.